The minimum absolute atomic E-state index is 0.0466. The van der Waals surface area contributed by atoms with Gasteiger partial charge in [0.15, 0.2) is 0 Å². The molecule has 0 saturated heterocycles. The van der Waals surface area contributed by atoms with Crippen LogP contribution in [0.2, 0.25) is 0 Å². The van der Waals surface area contributed by atoms with E-state index in [0.29, 0.717) is 25.2 Å². The number of aliphatic hydroxyl groups excluding tert-OH is 2. The Hall–Kier alpha value is -1.17. The summed E-state index contributed by atoms with van der Waals surface area (Å²) in [5, 5.41) is 43.6. The molecule has 5 aliphatic carbocycles. The zero-order valence-corrected chi connectivity index (χ0v) is 21.6. The van der Waals surface area contributed by atoms with Crippen LogP contribution in [0.4, 0.5) is 0 Å². The first kappa shape index (κ1) is 24.5. The quantitative estimate of drug-likeness (QED) is 0.415. The molecule has 0 aromatic heterocycles. The second-order valence-electron chi connectivity index (χ2n) is 13.6. The predicted octanol–water partition coefficient (Wildman–Crippen LogP) is 4.71. The van der Waals surface area contributed by atoms with Gasteiger partial charge in [0.2, 0.25) is 0 Å². The zero-order chi connectivity index (χ0) is 25.1. The summed E-state index contributed by atoms with van der Waals surface area (Å²) in [5.74, 6) is -0.602. The minimum atomic E-state index is -1.06. The predicted molar refractivity (Wildman–Crippen MR) is 131 cm³/mol. The Morgan fingerprint density at radius 1 is 1.06 bits per heavy atom. The molecule has 11 atom stereocenters. The monoisotopic (exact) mass is 472 g/mol. The fraction of sp³-hybridized carbons (Fsp3) is 0.828. The second-order valence-corrected chi connectivity index (χ2v) is 13.6. The summed E-state index contributed by atoms with van der Waals surface area (Å²) in [7, 11) is 0. The number of aliphatic carboxylic acids is 1. The molecule has 0 amide bonds. The van der Waals surface area contributed by atoms with Gasteiger partial charge in [-0.3, -0.25) is 4.79 Å². The molecule has 0 aromatic carbocycles. The molecule has 4 fully saturated rings. The van der Waals surface area contributed by atoms with Gasteiger partial charge in [-0.05, 0) is 97.9 Å². The van der Waals surface area contributed by atoms with Gasteiger partial charge in [0, 0.05) is 5.92 Å². The Labute approximate surface area is 204 Å². The third kappa shape index (κ3) is 2.70. The van der Waals surface area contributed by atoms with Gasteiger partial charge in [0.25, 0.3) is 0 Å². The van der Waals surface area contributed by atoms with Crippen LogP contribution in [0.15, 0.2) is 23.8 Å². The van der Waals surface area contributed by atoms with Crippen LogP contribution >= 0.6 is 0 Å². The highest BCUT2D eigenvalue weighted by atomic mass is 16.4. The van der Waals surface area contributed by atoms with Crippen molar-refractivity contribution in [3.05, 3.63) is 23.8 Å². The van der Waals surface area contributed by atoms with Crippen molar-refractivity contribution < 1.29 is 25.2 Å². The lowest BCUT2D eigenvalue weighted by molar-refractivity contribution is -0.202. The number of allylic oxidation sites excluding steroid dienone is 1. The standard InChI is InChI=1S/C29H44O5/c1-16-9-12-29(24(32)33)14-13-26(4)19(23(29)28(16,6)34)7-8-21-25(3)15-20(30)22(31)17(2)18(25)10-11-27(21,26)5/h7,16,18,20-23,30-31,34H,2,8-15H2,1,3-6H3,(H,32,33)/t16-,18+,20-,21-,22-,23-,25+,26-,27-,28-,29+/m1/s1. The Bertz CT molecular complexity index is 952. The van der Waals surface area contributed by atoms with Gasteiger partial charge in [0.05, 0.1) is 17.1 Å². The minimum Gasteiger partial charge on any atom is -0.481 e. The van der Waals surface area contributed by atoms with E-state index in [1.807, 2.05) is 6.92 Å². The number of carboxylic acids is 1. The third-order valence-electron chi connectivity index (χ3n) is 12.6. The summed E-state index contributed by atoms with van der Waals surface area (Å²) in [6, 6.07) is 0. The molecule has 0 aliphatic heterocycles. The van der Waals surface area contributed by atoms with E-state index < -0.39 is 29.2 Å². The SMILES string of the molecule is C=C1[C@@H](O)[C@H](O)C[C@]2(C)[C@H]3CC=C4[C@H]5[C@](C(=O)O)(CC[C@@H](C)[C@@]5(C)O)CC[C@@]4(C)[C@]3(C)CC[C@@H]12. The average Bonchev–Trinajstić information content (AvgIpc) is 2.75. The van der Waals surface area contributed by atoms with Crippen LogP contribution in [0.1, 0.15) is 86.0 Å². The maximum Gasteiger partial charge on any atom is 0.310 e. The highest BCUT2D eigenvalue weighted by Gasteiger charge is 2.70. The number of carbonyl (C=O) groups is 1. The van der Waals surface area contributed by atoms with Crippen molar-refractivity contribution in [2.75, 3.05) is 0 Å². The van der Waals surface area contributed by atoms with Gasteiger partial charge < -0.3 is 20.4 Å². The Morgan fingerprint density at radius 2 is 1.74 bits per heavy atom. The zero-order valence-electron chi connectivity index (χ0n) is 21.6. The topological polar surface area (TPSA) is 98.0 Å². The van der Waals surface area contributed by atoms with E-state index in [-0.39, 0.29) is 34.0 Å². The molecule has 0 heterocycles. The lowest BCUT2D eigenvalue weighted by atomic mass is 9.34. The lowest BCUT2D eigenvalue weighted by Crippen LogP contribution is -2.67. The van der Waals surface area contributed by atoms with Crippen LogP contribution in [-0.4, -0.2) is 44.2 Å². The number of carboxylic acid groups (broad SMARTS) is 1. The van der Waals surface area contributed by atoms with Crippen LogP contribution < -0.4 is 0 Å². The Morgan fingerprint density at radius 3 is 2.38 bits per heavy atom. The van der Waals surface area contributed by atoms with Gasteiger partial charge in [-0.25, -0.2) is 0 Å². The number of aliphatic hydroxyl groups is 3. The summed E-state index contributed by atoms with van der Waals surface area (Å²) < 4.78 is 0. The molecule has 0 bridgehead atoms. The number of fused-ring (bicyclic) bond motifs is 7. The molecule has 190 valence electrons. The highest BCUT2D eigenvalue weighted by molar-refractivity contribution is 5.77. The Kier molecular flexibility index (Phi) is 5.19. The van der Waals surface area contributed by atoms with Crippen LogP contribution in [0.5, 0.6) is 0 Å². The van der Waals surface area contributed by atoms with Gasteiger partial charge in [0.1, 0.15) is 6.10 Å². The first-order chi connectivity index (χ1) is 15.7. The number of hydrogen-bond donors (Lipinski definition) is 4. The van der Waals surface area contributed by atoms with Gasteiger partial charge in [-0.2, -0.15) is 0 Å². The summed E-state index contributed by atoms with van der Waals surface area (Å²) in [5.41, 5.74) is -0.464. The van der Waals surface area contributed by atoms with Crippen molar-refractivity contribution in [3.63, 3.8) is 0 Å². The fourth-order valence-electron chi connectivity index (χ4n) is 10.1. The van der Waals surface area contributed by atoms with E-state index in [4.69, 9.17) is 0 Å². The smallest absolute Gasteiger partial charge is 0.310 e. The van der Waals surface area contributed by atoms with Crippen molar-refractivity contribution in [1.82, 2.24) is 0 Å². The van der Waals surface area contributed by atoms with Crippen molar-refractivity contribution in [2.45, 2.75) is 104 Å². The lowest BCUT2D eigenvalue weighted by Gasteiger charge is -2.70. The Balaban J connectivity index is 1.64. The van der Waals surface area contributed by atoms with E-state index in [9.17, 15) is 25.2 Å². The molecule has 5 heteroatoms. The van der Waals surface area contributed by atoms with E-state index in [2.05, 4.69) is 40.3 Å². The second kappa shape index (κ2) is 7.20. The van der Waals surface area contributed by atoms with Gasteiger partial charge >= 0.3 is 5.97 Å². The molecular weight excluding hydrogens is 428 g/mol. The molecule has 5 aliphatic rings. The molecule has 4 saturated carbocycles. The van der Waals surface area contributed by atoms with E-state index in [1.165, 1.54) is 5.57 Å². The number of rotatable bonds is 1. The van der Waals surface area contributed by atoms with Crippen molar-refractivity contribution in [1.29, 1.82) is 0 Å². The first-order valence-corrected chi connectivity index (χ1v) is 13.4. The van der Waals surface area contributed by atoms with Gasteiger partial charge in [-0.1, -0.05) is 45.9 Å². The van der Waals surface area contributed by atoms with E-state index in [0.717, 1.165) is 37.7 Å². The van der Waals surface area contributed by atoms with Crippen molar-refractivity contribution >= 4 is 5.97 Å². The average molecular weight is 473 g/mol. The van der Waals surface area contributed by atoms with Crippen LogP contribution in [0.25, 0.3) is 0 Å². The molecule has 0 unspecified atom stereocenters. The summed E-state index contributed by atoms with van der Waals surface area (Å²) in [4.78, 5) is 12.8. The summed E-state index contributed by atoms with van der Waals surface area (Å²) in [6.45, 7) is 15.2. The van der Waals surface area contributed by atoms with Crippen LogP contribution in [0, 0.1) is 45.3 Å². The number of hydrogen-bond acceptors (Lipinski definition) is 4. The normalized spacial score (nSPS) is 56.9. The molecule has 0 radical (unpaired) electrons. The van der Waals surface area contributed by atoms with E-state index >= 15 is 0 Å². The maximum absolute atomic E-state index is 12.8. The molecule has 4 N–H and O–H groups in total. The molecule has 0 aromatic rings. The van der Waals surface area contributed by atoms with Crippen molar-refractivity contribution in [3.8, 4) is 0 Å². The molecule has 0 spiro atoms. The first-order valence-electron chi connectivity index (χ1n) is 13.4. The third-order valence-corrected chi connectivity index (χ3v) is 12.6. The molecule has 34 heavy (non-hydrogen) atoms. The fourth-order valence-corrected chi connectivity index (χ4v) is 10.1. The maximum atomic E-state index is 12.8. The van der Waals surface area contributed by atoms with E-state index in [1.54, 1.807) is 0 Å². The summed E-state index contributed by atoms with van der Waals surface area (Å²) >= 11 is 0. The van der Waals surface area contributed by atoms with Crippen LogP contribution in [-0.2, 0) is 4.79 Å². The summed E-state index contributed by atoms with van der Waals surface area (Å²) in [6.07, 6.45) is 6.73. The molecule has 5 rings (SSSR count). The highest BCUT2D eigenvalue weighted by Crippen LogP contribution is 2.75. The van der Waals surface area contributed by atoms with Crippen molar-refractivity contribution in [2.24, 2.45) is 45.3 Å². The molecular formula is C29H44O5. The molecule has 5 nitrogen and oxygen atoms in total. The van der Waals surface area contributed by atoms with Crippen LogP contribution in [0.3, 0.4) is 0 Å². The van der Waals surface area contributed by atoms with Gasteiger partial charge in [-0.15, -0.1) is 0 Å². The largest absolute Gasteiger partial charge is 0.481 e.